The summed E-state index contributed by atoms with van der Waals surface area (Å²) in [6, 6.07) is 12.1. The molecule has 9 heteroatoms. The molecule has 0 unspecified atom stereocenters. The molecule has 4 rings (SSSR count). The minimum Gasteiger partial charge on any atom is -0.454 e. The Morgan fingerprint density at radius 3 is 2.56 bits per heavy atom. The van der Waals surface area contributed by atoms with Crippen LogP contribution in [-0.2, 0) is 9.59 Å². The molecule has 1 saturated heterocycles. The molecule has 0 atom stereocenters. The van der Waals surface area contributed by atoms with E-state index in [9.17, 15) is 14.4 Å². The molecule has 2 heterocycles. The summed E-state index contributed by atoms with van der Waals surface area (Å²) in [6.07, 6.45) is 4.74. The van der Waals surface area contributed by atoms with E-state index < -0.39 is 0 Å². The van der Waals surface area contributed by atoms with E-state index in [-0.39, 0.29) is 37.0 Å². The molecule has 0 saturated carbocycles. The summed E-state index contributed by atoms with van der Waals surface area (Å²) in [4.78, 5) is 40.1. The first-order chi connectivity index (χ1) is 17.5. The van der Waals surface area contributed by atoms with Crippen LogP contribution in [0.25, 0.3) is 0 Å². The molecule has 2 aromatic rings. The monoisotopic (exact) mass is 494 g/mol. The molecule has 0 bridgehead atoms. The van der Waals surface area contributed by atoms with Crippen LogP contribution < -0.4 is 25.4 Å². The first kappa shape index (κ1) is 25.5. The molecular formula is C27H34N4O5. The predicted octanol–water partition coefficient (Wildman–Crippen LogP) is 3.62. The number of anilines is 2. The highest BCUT2D eigenvalue weighted by Gasteiger charge is 2.26. The summed E-state index contributed by atoms with van der Waals surface area (Å²) in [6.45, 7) is 4.62. The van der Waals surface area contributed by atoms with E-state index in [0.717, 1.165) is 38.6 Å². The lowest BCUT2D eigenvalue weighted by Crippen LogP contribution is -2.43. The van der Waals surface area contributed by atoms with Crippen molar-refractivity contribution in [3.63, 3.8) is 0 Å². The maximum absolute atomic E-state index is 12.9. The summed E-state index contributed by atoms with van der Waals surface area (Å²) < 4.78 is 10.7. The lowest BCUT2D eigenvalue weighted by molar-refractivity contribution is -0.126. The molecule has 1 fully saturated rings. The average molecular weight is 495 g/mol. The van der Waals surface area contributed by atoms with Crippen molar-refractivity contribution in [3.05, 3.63) is 48.0 Å². The number of amides is 3. The highest BCUT2D eigenvalue weighted by atomic mass is 16.7. The van der Waals surface area contributed by atoms with E-state index in [4.69, 9.17) is 9.47 Å². The predicted molar refractivity (Wildman–Crippen MR) is 137 cm³/mol. The number of fused-ring (bicyclic) bond motifs is 1. The molecule has 36 heavy (non-hydrogen) atoms. The lowest BCUT2D eigenvalue weighted by Gasteiger charge is -2.30. The number of carbonyl (C=O) groups excluding carboxylic acids is 3. The number of likely N-dealkylation sites (tertiary alicyclic amines) is 1. The normalized spacial score (nSPS) is 15.4. The van der Waals surface area contributed by atoms with Gasteiger partial charge >= 0.3 is 0 Å². The van der Waals surface area contributed by atoms with Crippen LogP contribution in [0, 0.1) is 5.92 Å². The number of nitrogens with one attached hydrogen (secondary N) is 3. The Balaban J connectivity index is 1.26. The fourth-order valence-electron chi connectivity index (χ4n) is 4.44. The minimum atomic E-state index is -0.337. The summed E-state index contributed by atoms with van der Waals surface area (Å²) >= 11 is 0. The Morgan fingerprint density at radius 2 is 1.75 bits per heavy atom. The lowest BCUT2D eigenvalue weighted by atomic mass is 9.96. The Morgan fingerprint density at radius 1 is 0.972 bits per heavy atom. The standard InChI is InChI=1S/C27H34N4O5/c1-2-3-6-13-28-26(33)19-11-14-31(15-12-19)17-25(32)30-22-8-5-4-7-21(22)27(34)29-20-9-10-23-24(16-20)36-18-35-23/h4-5,7-10,16,19H,2-3,6,11-15,17-18H2,1H3,(H,28,33)(H,29,34)(H,30,32). The number of ether oxygens (including phenoxy) is 2. The zero-order valence-electron chi connectivity index (χ0n) is 20.7. The molecule has 0 radical (unpaired) electrons. The second kappa shape index (κ2) is 12.4. The maximum atomic E-state index is 12.9. The van der Waals surface area contributed by atoms with Gasteiger partial charge in [0, 0.05) is 24.2 Å². The molecule has 2 aromatic carbocycles. The van der Waals surface area contributed by atoms with Gasteiger partial charge in [0.15, 0.2) is 11.5 Å². The number of nitrogens with zero attached hydrogens (tertiary/aromatic N) is 1. The van der Waals surface area contributed by atoms with Gasteiger partial charge in [0.05, 0.1) is 17.8 Å². The van der Waals surface area contributed by atoms with E-state index in [2.05, 4.69) is 22.9 Å². The van der Waals surface area contributed by atoms with Crippen molar-refractivity contribution in [2.24, 2.45) is 5.92 Å². The van der Waals surface area contributed by atoms with Crippen molar-refractivity contribution >= 4 is 29.1 Å². The molecule has 0 spiro atoms. The van der Waals surface area contributed by atoms with Crippen molar-refractivity contribution in [2.45, 2.75) is 39.0 Å². The Bertz CT molecular complexity index is 1080. The number of hydrogen-bond donors (Lipinski definition) is 3. The summed E-state index contributed by atoms with van der Waals surface area (Å²) in [5.74, 6) is 0.810. The van der Waals surface area contributed by atoms with Gasteiger partial charge in [-0.3, -0.25) is 19.3 Å². The molecule has 2 aliphatic heterocycles. The van der Waals surface area contributed by atoms with Crippen LogP contribution in [0.2, 0.25) is 0 Å². The molecular weight excluding hydrogens is 460 g/mol. The zero-order valence-corrected chi connectivity index (χ0v) is 20.7. The quantitative estimate of drug-likeness (QED) is 0.435. The number of piperidine rings is 1. The van der Waals surface area contributed by atoms with Crippen molar-refractivity contribution in [3.8, 4) is 11.5 Å². The van der Waals surface area contributed by atoms with Gasteiger partial charge in [0.1, 0.15) is 0 Å². The third kappa shape index (κ3) is 6.75. The van der Waals surface area contributed by atoms with Crippen LogP contribution in [0.4, 0.5) is 11.4 Å². The molecule has 3 amide bonds. The fraction of sp³-hybridized carbons (Fsp3) is 0.444. The van der Waals surface area contributed by atoms with Crippen molar-refractivity contribution in [2.75, 3.05) is 43.6 Å². The fourth-order valence-corrected chi connectivity index (χ4v) is 4.44. The first-order valence-corrected chi connectivity index (χ1v) is 12.6. The number of hydrogen-bond acceptors (Lipinski definition) is 6. The van der Waals surface area contributed by atoms with Gasteiger partial charge in [-0.25, -0.2) is 0 Å². The number of benzene rings is 2. The Kier molecular flexibility index (Phi) is 8.78. The Hall–Kier alpha value is -3.59. The molecule has 3 N–H and O–H groups in total. The number of para-hydroxylation sites is 1. The number of unbranched alkanes of at least 4 members (excludes halogenated alkanes) is 2. The first-order valence-electron chi connectivity index (χ1n) is 12.6. The van der Waals surface area contributed by atoms with Gasteiger partial charge in [-0.1, -0.05) is 31.9 Å². The van der Waals surface area contributed by atoms with Crippen molar-refractivity contribution in [1.82, 2.24) is 10.2 Å². The van der Waals surface area contributed by atoms with Gasteiger partial charge in [-0.05, 0) is 56.6 Å². The molecule has 0 aliphatic carbocycles. The molecule has 9 nitrogen and oxygen atoms in total. The van der Waals surface area contributed by atoms with Crippen LogP contribution in [-0.4, -0.2) is 55.6 Å². The Labute approximate surface area is 211 Å². The number of rotatable bonds is 10. The maximum Gasteiger partial charge on any atom is 0.257 e. The van der Waals surface area contributed by atoms with Crippen LogP contribution in [0.3, 0.4) is 0 Å². The van der Waals surface area contributed by atoms with Gasteiger partial charge in [0.2, 0.25) is 18.6 Å². The topological polar surface area (TPSA) is 109 Å². The van der Waals surface area contributed by atoms with Crippen LogP contribution in [0.1, 0.15) is 49.4 Å². The van der Waals surface area contributed by atoms with Crippen molar-refractivity contribution < 1.29 is 23.9 Å². The van der Waals surface area contributed by atoms with Crippen LogP contribution in [0.5, 0.6) is 11.5 Å². The highest BCUT2D eigenvalue weighted by Crippen LogP contribution is 2.34. The smallest absolute Gasteiger partial charge is 0.257 e. The average Bonchev–Trinajstić information content (AvgIpc) is 3.35. The molecule has 2 aliphatic rings. The number of carbonyl (C=O) groups is 3. The van der Waals surface area contributed by atoms with E-state index >= 15 is 0 Å². The third-order valence-electron chi connectivity index (χ3n) is 6.48. The van der Waals surface area contributed by atoms with E-state index in [0.29, 0.717) is 41.5 Å². The van der Waals surface area contributed by atoms with E-state index in [1.807, 2.05) is 4.90 Å². The van der Waals surface area contributed by atoms with Gasteiger partial charge in [-0.15, -0.1) is 0 Å². The molecule has 192 valence electrons. The zero-order chi connectivity index (χ0) is 25.3. The highest BCUT2D eigenvalue weighted by molar-refractivity contribution is 6.10. The second-order valence-electron chi connectivity index (χ2n) is 9.16. The van der Waals surface area contributed by atoms with Gasteiger partial charge in [-0.2, -0.15) is 0 Å². The largest absolute Gasteiger partial charge is 0.454 e. The second-order valence-corrected chi connectivity index (χ2v) is 9.16. The summed E-state index contributed by atoms with van der Waals surface area (Å²) in [5.41, 5.74) is 1.38. The minimum absolute atomic E-state index is 0.00605. The van der Waals surface area contributed by atoms with E-state index in [1.165, 1.54) is 0 Å². The van der Waals surface area contributed by atoms with E-state index in [1.54, 1.807) is 42.5 Å². The summed E-state index contributed by atoms with van der Waals surface area (Å²) in [7, 11) is 0. The van der Waals surface area contributed by atoms with Crippen LogP contribution in [0.15, 0.2) is 42.5 Å². The molecule has 0 aromatic heterocycles. The summed E-state index contributed by atoms with van der Waals surface area (Å²) in [5, 5.41) is 8.75. The third-order valence-corrected chi connectivity index (χ3v) is 6.48. The van der Waals surface area contributed by atoms with Crippen LogP contribution >= 0.6 is 0 Å². The van der Waals surface area contributed by atoms with Gasteiger partial charge in [0.25, 0.3) is 5.91 Å². The SMILES string of the molecule is CCCCCNC(=O)C1CCN(CC(=O)Nc2ccccc2C(=O)Nc2ccc3c(c2)OCO3)CC1. The van der Waals surface area contributed by atoms with Gasteiger partial charge < -0.3 is 25.4 Å². The van der Waals surface area contributed by atoms with Crippen molar-refractivity contribution in [1.29, 1.82) is 0 Å².